The molecule has 3 rings (SSSR count). The number of nitrogens with two attached hydrogens (primary N) is 1. The first-order valence-corrected chi connectivity index (χ1v) is 7.88. The summed E-state index contributed by atoms with van der Waals surface area (Å²) in [6, 6.07) is 4.27. The predicted molar refractivity (Wildman–Crippen MR) is 76.9 cm³/mol. The first-order chi connectivity index (χ1) is 9.17. The topological polar surface area (TPSA) is 49.6 Å². The minimum atomic E-state index is -0.511. The van der Waals surface area contributed by atoms with Crippen molar-refractivity contribution in [3.8, 4) is 0 Å². The van der Waals surface area contributed by atoms with Gasteiger partial charge in [0.25, 0.3) is 0 Å². The molecule has 2 aliphatic rings. The molecule has 19 heavy (non-hydrogen) atoms. The Labute approximate surface area is 118 Å². The summed E-state index contributed by atoms with van der Waals surface area (Å²) in [6.07, 6.45) is 2.77. The lowest BCUT2D eigenvalue weighted by molar-refractivity contribution is -0.133. The fraction of sp³-hybridized carbons (Fsp3) is 0.643. The van der Waals surface area contributed by atoms with Gasteiger partial charge in [0, 0.05) is 37.6 Å². The molecule has 1 aliphatic carbocycles. The highest BCUT2D eigenvalue weighted by molar-refractivity contribution is 7.09. The monoisotopic (exact) mass is 279 g/mol. The van der Waals surface area contributed by atoms with E-state index in [9.17, 15) is 4.79 Å². The molecule has 1 aliphatic heterocycles. The average Bonchev–Trinajstić information content (AvgIpc) is 3.02. The minimum Gasteiger partial charge on any atom is -0.340 e. The van der Waals surface area contributed by atoms with Crippen LogP contribution in [0.2, 0.25) is 0 Å². The van der Waals surface area contributed by atoms with Crippen molar-refractivity contribution in [2.45, 2.75) is 31.3 Å². The molecule has 2 fully saturated rings. The molecular formula is C14H21N3OS. The average molecular weight is 279 g/mol. The number of carbonyl (C=O) groups excluding carboxylic acids is 1. The third-order valence-electron chi connectivity index (χ3n) is 4.05. The van der Waals surface area contributed by atoms with E-state index in [0.717, 1.165) is 52.0 Å². The molecule has 0 aromatic carbocycles. The fourth-order valence-electron chi connectivity index (χ4n) is 2.62. The molecule has 1 aromatic heterocycles. The molecule has 0 atom stereocenters. The van der Waals surface area contributed by atoms with Gasteiger partial charge in [-0.05, 0) is 30.7 Å². The SMILES string of the molecule is NC1(C(=O)N2CCCN(Cc3cccs3)CC2)CC1. The van der Waals surface area contributed by atoms with Crippen LogP contribution in [0.15, 0.2) is 17.5 Å². The van der Waals surface area contributed by atoms with Crippen molar-refractivity contribution >= 4 is 17.2 Å². The molecule has 1 saturated carbocycles. The highest BCUT2D eigenvalue weighted by Gasteiger charge is 2.48. The molecule has 1 aromatic rings. The number of thiophene rings is 1. The van der Waals surface area contributed by atoms with Crippen LogP contribution in [0.3, 0.4) is 0 Å². The Hall–Kier alpha value is -0.910. The van der Waals surface area contributed by atoms with Crippen LogP contribution in [0.4, 0.5) is 0 Å². The normalized spacial score (nSPS) is 23.1. The van der Waals surface area contributed by atoms with Crippen LogP contribution in [0.1, 0.15) is 24.1 Å². The largest absolute Gasteiger partial charge is 0.340 e. The lowest BCUT2D eigenvalue weighted by Crippen LogP contribution is -2.47. The minimum absolute atomic E-state index is 0.172. The summed E-state index contributed by atoms with van der Waals surface area (Å²) in [5.74, 6) is 0.172. The maximum absolute atomic E-state index is 12.2. The first-order valence-electron chi connectivity index (χ1n) is 7.00. The van der Waals surface area contributed by atoms with Gasteiger partial charge in [0.15, 0.2) is 0 Å². The molecule has 2 heterocycles. The second-order valence-electron chi connectivity index (χ2n) is 5.66. The van der Waals surface area contributed by atoms with Gasteiger partial charge in [0.2, 0.25) is 5.91 Å². The van der Waals surface area contributed by atoms with Gasteiger partial charge in [-0.3, -0.25) is 9.69 Å². The van der Waals surface area contributed by atoms with Crippen molar-refractivity contribution in [3.05, 3.63) is 22.4 Å². The maximum atomic E-state index is 12.2. The van der Waals surface area contributed by atoms with Crippen LogP contribution < -0.4 is 5.73 Å². The Morgan fingerprint density at radius 2 is 2.16 bits per heavy atom. The molecular weight excluding hydrogens is 258 g/mol. The van der Waals surface area contributed by atoms with Gasteiger partial charge < -0.3 is 10.6 Å². The highest BCUT2D eigenvalue weighted by Crippen LogP contribution is 2.34. The molecule has 1 amide bonds. The van der Waals surface area contributed by atoms with E-state index in [1.165, 1.54) is 4.88 Å². The third kappa shape index (κ3) is 2.99. The van der Waals surface area contributed by atoms with Crippen molar-refractivity contribution in [1.29, 1.82) is 0 Å². The lowest BCUT2D eigenvalue weighted by atomic mass is 10.2. The Morgan fingerprint density at radius 3 is 2.84 bits per heavy atom. The van der Waals surface area contributed by atoms with Crippen LogP contribution in [-0.2, 0) is 11.3 Å². The van der Waals surface area contributed by atoms with E-state index in [2.05, 4.69) is 22.4 Å². The summed E-state index contributed by atoms with van der Waals surface area (Å²) < 4.78 is 0. The van der Waals surface area contributed by atoms with Gasteiger partial charge in [0.1, 0.15) is 0 Å². The molecule has 0 spiro atoms. The Kier molecular flexibility index (Phi) is 3.60. The number of amides is 1. The summed E-state index contributed by atoms with van der Waals surface area (Å²) in [5.41, 5.74) is 5.50. The van der Waals surface area contributed by atoms with Crippen LogP contribution in [0.5, 0.6) is 0 Å². The highest BCUT2D eigenvalue weighted by atomic mass is 32.1. The standard InChI is InChI=1S/C14H21N3OS/c15-14(4-5-14)13(18)17-7-2-6-16(8-9-17)11-12-3-1-10-19-12/h1,3,10H,2,4-9,11,15H2. The van der Waals surface area contributed by atoms with E-state index in [-0.39, 0.29) is 5.91 Å². The second-order valence-corrected chi connectivity index (χ2v) is 6.69. The van der Waals surface area contributed by atoms with Crippen molar-refractivity contribution in [3.63, 3.8) is 0 Å². The fourth-order valence-corrected chi connectivity index (χ4v) is 3.36. The van der Waals surface area contributed by atoms with Crippen molar-refractivity contribution in [2.24, 2.45) is 5.73 Å². The first kappa shape index (κ1) is 13.1. The van der Waals surface area contributed by atoms with Gasteiger partial charge in [-0.1, -0.05) is 6.07 Å². The molecule has 5 heteroatoms. The Balaban J connectivity index is 1.55. The smallest absolute Gasteiger partial charge is 0.242 e. The van der Waals surface area contributed by atoms with Gasteiger partial charge in [-0.2, -0.15) is 0 Å². The van der Waals surface area contributed by atoms with Gasteiger partial charge in [-0.15, -0.1) is 11.3 Å². The van der Waals surface area contributed by atoms with Gasteiger partial charge >= 0.3 is 0 Å². The van der Waals surface area contributed by atoms with E-state index >= 15 is 0 Å². The zero-order valence-corrected chi connectivity index (χ0v) is 12.0. The van der Waals surface area contributed by atoms with Crippen molar-refractivity contribution in [1.82, 2.24) is 9.80 Å². The summed E-state index contributed by atoms with van der Waals surface area (Å²) in [6.45, 7) is 4.72. The summed E-state index contributed by atoms with van der Waals surface area (Å²) >= 11 is 1.80. The molecule has 1 saturated heterocycles. The quantitative estimate of drug-likeness (QED) is 0.906. The van der Waals surface area contributed by atoms with E-state index in [1.807, 2.05) is 4.90 Å². The van der Waals surface area contributed by atoms with Crippen molar-refractivity contribution < 1.29 is 4.79 Å². The van der Waals surface area contributed by atoms with Crippen LogP contribution in [0.25, 0.3) is 0 Å². The number of carbonyl (C=O) groups is 1. The lowest BCUT2D eigenvalue weighted by Gasteiger charge is -2.24. The van der Waals surface area contributed by atoms with Gasteiger partial charge in [0.05, 0.1) is 5.54 Å². The number of rotatable bonds is 3. The van der Waals surface area contributed by atoms with Gasteiger partial charge in [-0.25, -0.2) is 0 Å². The Bertz CT molecular complexity index is 442. The number of hydrogen-bond donors (Lipinski definition) is 1. The summed E-state index contributed by atoms with van der Waals surface area (Å²) in [7, 11) is 0. The summed E-state index contributed by atoms with van der Waals surface area (Å²) in [4.78, 5) is 18.1. The maximum Gasteiger partial charge on any atom is 0.242 e. The van der Waals surface area contributed by atoms with Crippen LogP contribution in [-0.4, -0.2) is 47.4 Å². The van der Waals surface area contributed by atoms with Crippen LogP contribution in [0, 0.1) is 0 Å². The third-order valence-corrected chi connectivity index (χ3v) is 4.91. The van der Waals surface area contributed by atoms with Crippen LogP contribution >= 0.6 is 11.3 Å². The second kappa shape index (κ2) is 5.23. The molecule has 0 bridgehead atoms. The van der Waals surface area contributed by atoms with Crippen molar-refractivity contribution in [2.75, 3.05) is 26.2 Å². The van der Waals surface area contributed by atoms with E-state index in [0.29, 0.717) is 0 Å². The zero-order valence-electron chi connectivity index (χ0n) is 11.2. The van der Waals surface area contributed by atoms with E-state index in [1.54, 1.807) is 11.3 Å². The number of nitrogens with zero attached hydrogens (tertiary/aromatic N) is 2. The zero-order chi connectivity index (χ0) is 13.3. The molecule has 2 N–H and O–H groups in total. The molecule has 0 unspecified atom stereocenters. The summed E-state index contributed by atoms with van der Waals surface area (Å²) in [5, 5.41) is 2.12. The molecule has 0 radical (unpaired) electrons. The molecule has 4 nitrogen and oxygen atoms in total. The number of hydrogen-bond acceptors (Lipinski definition) is 4. The predicted octanol–water partition coefficient (Wildman–Crippen LogP) is 1.27. The van der Waals surface area contributed by atoms with E-state index < -0.39 is 5.54 Å². The Morgan fingerprint density at radius 1 is 1.32 bits per heavy atom. The molecule has 104 valence electrons. The van der Waals surface area contributed by atoms with E-state index in [4.69, 9.17) is 5.73 Å².